The van der Waals surface area contributed by atoms with E-state index in [1.807, 2.05) is 13.8 Å². The van der Waals surface area contributed by atoms with Gasteiger partial charge in [0, 0.05) is 53.9 Å². The minimum Gasteiger partial charge on any atom is -0.384 e. The third kappa shape index (κ3) is 5.43. The standard InChI is InChI=1S/C24H27FN4O3S/c1-6-9-33(31,32)28-19-7-8-21(27-23-15(2)10-18(25)11-16(23)3)20(13-19)17-12-22(26-4)24(30)29(5)14-17/h6-14,26-28H,1-5H3/b9-6+. The highest BCUT2D eigenvalue weighted by Crippen LogP contribution is 2.35. The van der Waals surface area contributed by atoms with Gasteiger partial charge in [-0.05, 0) is 68.3 Å². The summed E-state index contributed by atoms with van der Waals surface area (Å²) < 4.78 is 42.3. The number of rotatable bonds is 7. The van der Waals surface area contributed by atoms with Gasteiger partial charge in [-0.3, -0.25) is 9.52 Å². The smallest absolute Gasteiger partial charge is 0.273 e. The average Bonchev–Trinajstić information content (AvgIpc) is 2.73. The molecule has 0 bridgehead atoms. The molecule has 0 saturated carbocycles. The molecule has 0 aliphatic rings. The molecule has 7 nitrogen and oxygen atoms in total. The number of hydrogen-bond acceptors (Lipinski definition) is 5. The Bertz CT molecular complexity index is 1370. The van der Waals surface area contributed by atoms with Crippen molar-refractivity contribution in [1.82, 2.24) is 4.57 Å². The molecule has 0 unspecified atom stereocenters. The maximum absolute atomic E-state index is 13.8. The van der Waals surface area contributed by atoms with E-state index in [0.717, 1.165) is 22.2 Å². The van der Waals surface area contributed by atoms with Gasteiger partial charge < -0.3 is 15.2 Å². The summed E-state index contributed by atoms with van der Waals surface area (Å²) in [6.07, 6.45) is 3.11. The van der Waals surface area contributed by atoms with Crippen LogP contribution in [0, 0.1) is 19.7 Å². The molecule has 3 rings (SSSR count). The van der Waals surface area contributed by atoms with Crippen molar-refractivity contribution in [3.63, 3.8) is 0 Å². The van der Waals surface area contributed by atoms with E-state index in [4.69, 9.17) is 0 Å². The van der Waals surface area contributed by atoms with Crippen molar-refractivity contribution in [1.29, 1.82) is 0 Å². The first-order chi connectivity index (χ1) is 15.5. The molecule has 9 heteroatoms. The van der Waals surface area contributed by atoms with Crippen LogP contribution < -0.4 is 20.9 Å². The fourth-order valence-corrected chi connectivity index (χ4v) is 4.50. The van der Waals surface area contributed by atoms with Gasteiger partial charge in [0.15, 0.2) is 0 Å². The highest BCUT2D eigenvalue weighted by Gasteiger charge is 2.15. The predicted molar refractivity (Wildman–Crippen MR) is 133 cm³/mol. The van der Waals surface area contributed by atoms with Crippen LogP contribution in [-0.4, -0.2) is 20.0 Å². The molecule has 0 radical (unpaired) electrons. The quantitative estimate of drug-likeness (QED) is 0.458. The topological polar surface area (TPSA) is 92.2 Å². The summed E-state index contributed by atoms with van der Waals surface area (Å²) in [5.41, 5.74) is 4.79. The van der Waals surface area contributed by atoms with Gasteiger partial charge >= 0.3 is 0 Å². The normalized spacial score (nSPS) is 11.6. The molecule has 3 N–H and O–H groups in total. The maximum atomic E-state index is 13.8. The number of nitrogens with one attached hydrogen (secondary N) is 3. The first kappa shape index (κ1) is 24.1. The first-order valence-electron chi connectivity index (χ1n) is 10.3. The van der Waals surface area contributed by atoms with E-state index in [1.54, 1.807) is 51.5 Å². The molecule has 2 aromatic carbocycles. The fraction of sp³-hybridized carbons (Fsp3) is 0.208. The van der Waals surface area contributed by atoms with Gasteiger partial charge in [-0.2, -0.15) is 0 Å². The molecule has 33 heavy (non-hydrogen) atoms. The lowest BCUT2D eigenvalue weighted by atomic mass is 10.0. The number of aryl methyl sites for hydroxylation is 3. The van der Waals surface area contributed by atoms with Gasteiger partial charge in [-0.25, -0.2) is 12.8 Å². The molecule has 0 amide bonds. The number of aromatic nitrogens is 1. The van der Waals surface area contributed by atoms with Crippen molar-refractivity contribution in [2.75, 3.05) is 22.4 Å². The SMILES string of the molecule is C/C=C/S(=O)(=O)Nc1ccc(Nc2c(C)cc(F)cc2C)c(-c2cc(NC)c(=O)n(C)c2)c1. The molecular weight excluding hydrogens is 443 g/mol. The lowest BCUT2D eigenvalue weighted by molar-refractivity contribution is 0.609. The number of pyridine rings is 1. The van der Waals surface area contributed by atoms with Crippen molar-refractivity contribution < 1.29 is 12.8 Å². The second kappa shape index (κ2) is 9.50. The molecule has 0 saturated heterocycles. The lowest BCUT2D eigenvalue weighted by Gasteiger charge is -2.18. The third-order valence-corrected chi connectivity index (χ3v) is 6.27. The fourth-order valence-electron chi connectivity index (χ4n) is 3.61. The minimum absolute atomic E-state index is 0.189. The van der Waals surface area contributed by atoms with Gasteiger partial charge in [0.05, 0.1) is 0 Å². The van der Waals surface area contributed by atoms with Crippen molar-refractivity contribution in [3.05, 3.63) is 81.4 Å². The average molecular weight is 471 g/mol. The zero-order chi connectivity index (χ0) is 24.3. The summed E-state index contributed by atoms with van der Waals surface area (Å²) in [6.45, 7) is 5.24. The summed E-state index contributed by atoms with van der Waals surface area (Å²) in [5.74, 6) is -0.318. The number of halogens is 1. The zero-order valence-electron chi connectivity index (χ0n) is 19.2. The van der Waals surface area contributed by atoms with E-state index in [9.17, 15) is 17.6 Å². The van der Waals surface area contributed by atoms with Gasteiger partial charge in [-0.1, -0.05) is 6.08 Å². The van der Waals surface area contributed by atoms with Crippen molar-refractivity contribution >= 4 is 32.8 Å². The van der Waals surface area contributed by atoms with E-state index in [0.29, 0.717) is 28.2 Å². The third-order valence-electron chi connectivity index (χ3n) is 5.12. The summed E-state index contributed by atoms with van der Waals surface area (Å²) >= 11 is 0. The Morgan fingerprint density at radius 3 is 2.30 bits per heavy atom. The van der Waals surface area contributed by atoms with Crippen LogP contribution in [0.25, 0.3) is 11.1 Å². The number of sulfonamides is 1. The van der Waals surface area contributed by atoms with Crippen LogP contribution in [0.15, 0.2) is 58.9 Å². The first-order valence-corrected chi connectivity index (χ1v) is 11.8. The zero-order valence-corrected chi connectivity index (χ0v) is 20.0. The summed E-state index contributed by atoms with van der Waals surface area (Å²) in [4.78, 5) is 12.4. The monoisotopic (exact) mass is 470 g/mol. The largest absolute Gasteiger partial charge is 0.384 e. The molecule has 0 atom stereocenters. The van der Waals surface area contributed by atoms with Gasteiger partial charge in [-0.15, -0.1) is 0 Å². The van der Waals surface area contributed by atoms with Gasteiger partial charge in [0.25, 0.3) is 15.6 Å². The summed E-state index contributed by atoms with van der Waals surface area (Å²) in [5, 5.41) is 7.33. The lowest BCUT2D eigenvalue weighted by Crippen LogP contribution is -2.19. The maximum Gasteiger partial charge on any atom is 0.273 e. The Morgan fingerprint density at radius 2 is 1.70 bits per heavy atom. The van der Waals surface area contributed by atoms with Crippen LogP contribution in [0.4, 0.5) is 27.1 Å². The van der Waals surface area contributed by atoms with Gasteiger partial charge in [0.1, 0.15) is 11.5 Å². The van der Waals surface area contributed by atoms with Gasteiger partial charge in [0.2, 0.25) is 0 Å². The molecule has 174 valence electrons. The molecule has 3 aromatic rings. The van der Waals surface area contributed by atoms with Crippen molar-refractivity contribution in [2.45, 2.75) is 20.8 Å². The van der Waals surface area contributed by atoms with Crippen LogP contribution in [0.3, 0.4) is 0 Å². The Labute approximate surface area is 193 Å². The number of allylic oxidation sites excluding steroid dienone is 1. The van der Waals surface area contributed by atoms with Crippen LogP contribution in [0.5, 0.6) is 0 Å². The highest BCUT2D eigenvalue weighted by molar-refractivity contribution is 7.95. The number of benzene rings is 2. The molecular formula is C24H27FN4O3S. The predicted octanol–water partition coefficient (Wildman–Crippen LogP) is 4.87. The molecule has 1 heterocycles. The summed E-state index contributed by atoms with van der Waals surface area (Å²) in [7, 11) is -0.357. The van der Waals surface area contributed by atoms with Crippen molar-refractivity contribution in [3.8, 4) is 11.1 Å². The molecule has 0 spiro atoms. The Hall–Kier alpha value is -3.59. The highest BCUT2D eigenvalue weighted by atomic mass is 32.2. The second-order valence-corrected chi connectivity index (χ2v) is 9.29. The molecule has 0 aliphatic heterocycles. The number of nitrogens with zero attached hydrogens (tertiary/aromatic N) is 1. The van der Waals surface area contributed by atoms with Crippen LogP contribution >= 0.6 is 0 Å². The van der Waals surface area contributed by atoms with E-state index in [1.165, 1.54) is 22.8 Å². The van der Waals surface area contributed by atoms with E-state index in [2.05, 4.69) is 15.4 Å². The van der Waals surface area contributed by atoms with E-state index in [-0.39, 0.29) is 11.4 Å². The van der Waals surface area contributed by atoms with Crippen LogP contribution in [-0.2, 0) is 17.1 Å². The Morgan fingerprint density at radius 1 is 1.03 bits per heavy atom. The summed E-state index contributed by atoms with van der Waals surface area (Å²) in [6, 6.07) is 9.67. The number of anilines is 4. The minimum atomic E-state index is -3.66. The van der Waals surface area contributed by atoms with Crippen molar-refractivity contribution in [2.24, 2.45) is 7.05 Å². The van der Waals surface area contributed by atoms with Crippen LogP contribution in [0.1, 0.15) is 18.1 Å². The van der Waals surface area contributed by atoms with E-state index < -0.39 is 10.0 Å². The van der Waals surface area contributed by atoms with E-state index >= 15 is 0 Å². The van der Waals surface area contributed by atoms with Crippen LogP contribution in [0.2, 0.25) is 0 Å². The second-order valence-electron chi connectivity index (χ2n) is 7.72. The molecule has 1 aromatic heterocycles. The molecule has 0 fully saturated rings. The Kier molecular flexibility index (Phi) is 6.92. The number of hydrogen-bond donors (Lipinski definition) is 3. The molecule has 0 aliphatic carbocycles. The Balaban J connectivity index is 2.20.